The van der Waals surface area contributed by atoms with E-state index in [4.69, 9.17) is 0 Å². The largest absolute Gasteiger partial charge is 0.309 e. The standard InChI is InChI=1S/C12H19BrN2/c1-3-4-6-10(2)14-9-11-7-5-8-12(13)15-11/h5,7-8,10,14H,3-4,6,9H2,1-2H3. The molecule has 0 saturated heterocycles. The molecule has 1 unspecified atom stereocenters. The summed E-state index contributed by atoms with van der Waals surface area (Å²) in [4.78, 5) is 4.38. The van der Waals surface area contributed by atoms with E-state index in [-0.39, 0.29) is 0 Å². The molecule has 3 heteroatoms. The third kappa shape index (κ3) is 5.28. The fourth-order valence-electron chi connectivity index (χ4n) is 1.44. The first-order valence-electron chi connectivity index (χ1n) is 5.57. The van der Waals surface area contributed by atoms with E-state index in [9.17, 15) is 0 Å². The van der Waals surface area contributed by atoms with Crippen molar-refractivity contribution in [1.29, 1.82) is 0 Å². The molecule has 1 aromatic heterocycles. The van der Waals surface area contributed by atoms with Crippen LogP contribution in [0.4, 0.5) is 0 Å². The van der Waals surface area contributed by atoms with Crippen LogP contribution in [0.2, 0.25) is 0 Å². The maximum atomic E-state index is 4.38. The summed E-state index contributed by atoms with van der Waals surface area (Å²) in [5.74, 6) is 0. The lowest BCUT2D eigenvalue weighted by molar-refractivity contribution is 0.491. The first-order valence-corrected chi connectivity index (χ1v) is 6.36. The molecule has 1 heterocycles. The SMILES string of the molecule is CCCCC(C)NCc1cccc(Br)n1. The Morgan fingerprint density at radius 1 is 1.47 bits per heavy atom. The van der Waals surface area contributed by atoms with Gasteiger partial charge in [0.15, 0.2) is 0 Å². The Morgan fingerprint density at radius 2 is 2.27 bits per heavy atom. The van der Waals surface area contributed by atoms with Gasteiger partial charge in [-0.3, -0.25) is 0 Å². The predicted octanol–water partition coefficient (Wildman–Crippen LogP) is 3.51. The van der Waals surface area contributed by atoms with Crippen LogP contribution in [0.25, 0.3) is 0 Å². The topological polar surface area (TPSA) is 24.9 Å². The highest BCUT2D eigenvalue weighted by Crippen LogP contribution is 2.07. The number of pyridine rings is 1. The highest BCUT2D eigenvalue weighted by atomic mass is 79.9. The second kappa shape index (κ2) is 6.96. The van der Waals surface area contributed by atoms with Crippen LogP contribution in [0.1, 0.15) is 38.8 Å². The van der Waals surface area contributed by atoms with Crippen LogP contribution < -0.4 is 5.32 Å². The number of nitrogens with one attached hydrogen (secondary N) is 1. The van der Waals surface area contributed by atoms with Gasteiger partial charge in [-0.15, -0.1) is 0 Å². The summed E-state index contributed by atoms with van der Waals surface area (Å²) in [5.41, 5.74) is 1.09. The summed E-state index contributed by atoms with van der Waals surface area (Å²) in [6.45, 7) is 5.31. The number of halogens is 1. The Hall–Kier alpha value is -0.410. The van der Waals surface area contributed by atoms with Gasteiger partial charge in [-0.2, -0.15) is 0 Å². The predicted molar refractivity (Wildman–Crippen MR) is 67.8 cm³/mol. The van der Waals surface area contributed by atoms with Crippen molar-refractivity contribution in [2.75, 3.05) is 0 Å². The molecule has 0 fully saturated rings. The average Bonchev–Trinajstić information content (AvgIpc) is 2.23. The molecular formula is C12H19BrN2. The molecule has 1 N–H and O–H groups in total. The van der Waals surface area contributed by atoms with Crippen LogP contribution in [-0.2, 0) is 6.54 Å². The van der Waals surface area contributed by atoms with Crippen LogP contribution in [0.5, 0.6) is 0 Å². The summed E-state index contributed by atoms with van der Waals surface area (Å²) in [6, 6.07) is 6.59. The van der Waals surface area contributed by atoms with E-state index in [1.54, 1.807) is 0 Å². The van der Waals surface area contributed by atoms with Crippen molar-refractivity contribution in [1.82, 2.24) is 10.3 Å². The molecule has 0 spiro atoms. The highest BCUT2D eigenvalue weighted by molar-refractivity contribution is 9.10. The Morgan fingerprint density at radius 3 is 2.93 bits per heavy atom. The summed E-state index contributed by atoms with van der Waals surface area (Å²) in [7, 11) is 0. The van der Waals surface area contributed by atoms with Gasteiger partial charge in [-0.25, -0.2) is 4.98 Å². The number of nitrogens with zero attached hydrogens (tertiary/aromatic N) is 1. The quantitative estimate of drug-likeness (QED) is 0.801. The maximum absolute atomic E-state index is 4.38. The number of hydrogen-bond donors (Lipinski definition) is 1. The lowest BCUT2D eigenvalue weighted by Crippen LogP contribution is -2.25. The molecule has 15 heavy (non-hydrogen) atoms. The van der Waals surface area contributed by atoms with E-state index in [1.807, 2.05) is 18.2 Å². The molecule has 1 rings (SSSR count). The van der Waals surface area contributed by atoms with Crippen molar-refractivity contribution >= 4 is 15.9 Å². The van der Waals surface area contributed by atoms with Crippen molar-refractivity contribution in [3.05, 3.63) is 28.5 Å². The van der Waals surface area contributed by atoms with Crippen LogP contribution in [0.3, 0.4) is 0 Å². The number of hydrogen-bond acceptors (Lipinski definition) is 2. The van der Waals surface area contributed by atoms with E-state index in [2.05, 4.69) is 40.1 Å². The molecule has 0 amide bonds. The van der Waals surface area contributed by atoms with E-state index >= 15 is 0 Å². The van der Waals surface area contributed by atoms with E-state index in [1.165, 1.54) is 19.3 Å². The second-order valence-electron chi connectivity index (χ2n) is 3.88. The molecule has 84 valence electrons. The molecule has 0 saturated carbocycles. The first kappa shape index (κ1) is 12.7. The van der Waals surface area contributed by atoms with Gasteiger partial charge in [0.1, 0.15) is 4.60 Å². The third-order valence-electron chi connectivity index (χ3n) is 2.40. The second-order valence-corrected chi connectivity index (χ2v) is 4.69. The summed E-state index contributed by atoms with van der Waals surface area (Å²) >= 11 is 3.37. The lowest BCUT2D eigenvalue weighted by Gasteiger charge is -2.12. The van der Waals surface area contributed by atoms with Crippen LogP contribution in [0, 0.1) is 0 Å². The van der Waals surface area contributed by atoms with Gasteiger partial charge >= 0.3 is 0 Å². The third-order valence-corrected chi connectivity index (χ3v) is 2.84. The van der Waals surface area contributed by atoms with Crippen molar-refractivity contribution in [2.45, 2.75) is 45.7 Å². The minimum Gasteiger partial charge on any atom is -0.309 e. The summed E-state index contributed by atoms with van der Waals surface area (Å²) in [6.07, 6.45) is 3.80. The normalized spacial score (nSPS) is 12.7. The number of aromatic nitrogens is 1. The summed E-state index contributed by atoms with van der Waals surface area (Å²) < 4.78 is 0.906. The van der Waals surface area contributed by atoms with Gasteiger partial charge in [0.25, 0.3) is 0 Å². The van der Waals surface area contributed by atoms with Crippen molar-refractivity contribution in [3.8, 4) is 0 Å². The first-order chi connectivity index (χ1) is 7.22. The van der Waals surface area contributed by atoms with Gasteiger partial charge in [-0.1, -0.05) is 25.8 Å². The van der Waals surface area contributed by atoms with Crippen LogP contribution in [-0.4, -0.2) is 11.0 Å². The number of unbranched alkanes of at least 4 members (excludes halogenated alkanes) is 1. The molecule has 0 bridgehead atoms. The zero-order chi connectivity index (χ0) is 11.1. The Bertz CT molecular complexity index is 289. The van der Waals surface area contributed by atoms with Gasteiger partial charge in [0.05, 0.1) is 5.69 Å². The molecule has 0 aliphatic rings. The highest BCUT2D eigenvalue weighted by Gasteiger charge is 2.01. The van der Waals surface area contributed by atoms with Crippen molar-refractivity contribution < 1.29 is 0 Å². The van der Waals surface area contributed by atoms with Gasteiger partial charge in [0, 0.05) is 12.6 Å². The van der Waals surface area contributed by atoms with Gasteiger partial charge in [0.2, 0.25) is 0 Å². The van der Waals surface area contributed by atoms with Gasteiger partial charge < -0.3 is 5.32 Å². The van der Waals surface area contributed by atoms with Gasteiger partial charge in [-0.05, 0) is 41.4 Å². The Kier molecular flexibility index (Phi) is 5.88. The molecule has 1 aromatic rings. The van der Waals surface area contributed by atoms with E-state index < -0.39 is 0 Å². The molecule has 0 radical (unpaired) electrons. The molecule has 1 atom stereocenters. The van der Waals surface area contributed by atoms with E-state index in [0.717, 1.165) is 16.8 Å². The molecule has 0 aliphatic carbocycles. The minimum atomic E-state index is 0.575. The molecule has 2 nitrogen and oxygen atoms in total. The molecule has 0 aromatic carbocycles. The molecular weight excluding hydrogens is 252 g/mol. The van der Waals surface area contributed by atoms with E-state index in [0.29, 0.717) is 6.04 Å². The lowest BCUT2D eigenvalue weighted by atomic mass is 10.1. The Balaban J connectivity index is 2.30. The number of rotatable bonds is 6. The summed E-state index contributed by atoms with van der Waals surface area (Å²) in [5, 5.41) is 3.48. The molecule has 0 aliphatic heterocycles. The zero-order valence-electron chi connectivity index (χ0n) is 9.46. The van der Waals surface area contributed by atoms with Crippen molar-refractivity contribution in [2.24, 2.45) is 0 Å². The minimum absolute atomic E-state index is 0.575. The zero-order valence-corrected chi connectivity index (χ0v) is 11.0. The monoisotopic (exact) mass is 270 g/mol. The average molecular weight is 271 g/mol. The van der Waals surface area contributed by atoms with Crippen molar-refractivity contribution in [3.63, 3.8) is 0 Å². The maximum Gasteiger partial charge on any atom is 0.106 e. The smallest absolute Gasteiger partial charge is 0.106 e. The Labute approximate surface area is 101 Å². The fraction of sp³-hybridized carbons (Fsp3) is 0.583. The van der Waals surface area contributed by atoms with Crippen LogP contribution >= 0.6 is 15.9 Å². The fourth-order valence-corrected chi connectivity index (χ4v) is 1.82. The van der Waals surface area contributed by atoms with Crippen LogP contribution in [0.15, 0.2) is 22.8 Å².